The number of rotatable bonds is 5. The highest BCUT2D eigenvalue weighted by Crippen LogP contribution is 2.24. The third kappa shape index (κ3) is 3.44. The molecule has 1 aromatic heterocycles. The van der Waals surface area contributed by atoms with Crippen molar-refractivity contribution in [3.63, 3.8) is 0 Å². The van der Waals surface area contributed by atoms with Crippen molar-refractivity contribution in [2.24, 2.45) is 5.84 Å². The number of pyridine rings is 1. The van der Waals surface area contributed by atoms with Crippen LogP contribution in [0, 0.1) is 0 Å². The number of aromatic nitrogens is 1. The van der Waals surface area contributed by atoms with E-state index in [4.69, 9.17) is 22.2 Å². The number of halogens is 1. The molecule has 0 aliphatic carbocycles. The number of hydrogen-bond acceptors (Lipinski definition) is 4. The van der Waals surface area contributed by atoms with Crippen molar-refractivity contribution in [3.8, 4) is 5.75 Å². The number of para-hydroxylation sites is 1. The first-order valence-corrected chi connectivity index (χ1v) is 6.32. The maximum Gasteiger partial charge on any atom is 0.129 e. The summed E-state index contributed by atoms with van der Waals surface area (Å²) in [5, 5.41) is 0.469. The fourth-order valence-corrected chi connectivity index (χ4v) is 2.07. The second-order valence-corrected chi connectivity index (χ2v) is 4.54. The predicted molar refractivity (Wildman–Crippen MR) is 76.0 cm³/mol. The number of benzene rings is 1. The summed E-state index contributed by atoms with van der Waals surface area (Å²) in [5.41, 5.74) is 4.87. The number of ether oxygens (including phenoxy) is 1. The van der Waals surface area contributed by atoms with Crippen LogP contribution in [0.1, 0.15) is 17.2 Å². The fourth-order valence-electron chi connectivity index (χ4n) is 1.96. The minimum atomic E-state index is -0.0407. The lowest BCUT2D eigenvalue weighted by atomic mass is 10.00. The van der Waals surface area contributed by atoms with Crippen molar-refractivity contribution in [1.29, 1.82) is 0 Å². The quantitative estimate of drug-likeness (QED) is 0.501. The number of nitrogens with one attached hydrogen (secondary N) is 1. The minimum Gasteiger partial charge on any atom is -0.496 e. The maximum absolute atomic E-state index is 5.78. The van der Waals surface area contributed by atoms with Crippen LogP contribution in [-0.4, -0.2) is 12.1 Å². The summed E-state index contributed by atoms with van der Waals surface area (Å²) >= 11 is 5.78. The van der Waals surface area contributed by atoms with Crippen molar-refractivity contribution >= 4 is 11.6 Å². The molecule has 0 saturated carbocycles. The Balaban J connectivity index is 2.21. The Morgan fingerprint density at radius 3 is 2.74 bits per heavy atom. The summed E-state index contributed by atoms with van der Waals surface area (Å²) in [7, 11) is 1.66. The van der Waals surface area contributed by atoms with Gasteiger partial charge in [0.15, 0.2) is 0 Å². The lowest BCUT2D eigenvalue weighted by Crippen LogP contribution is -2.29. The van der Waals surface area contributed by atoms with E-state index in [2.05, 4.69) is 10.4 Å². The molecule has 1 aromatic carbocycles. The lowest BCUT2D eigenvalue weighted by molar-refractivity contribution is 0.405. The molecule has 2 rings (SSSR count). The molecule has 0 fully saturated rings. The van der Waals surface area contributed by atoms with Crippen LogP contribution in [0.2, 0.25) is 5.15 Å². The molecule has 5 heteroatoms. The zero-order valence-electron chi connectivity index (χ0n) is 10.6. The van der Waals surface area contributed by atoms with Gasteiger partial charge in [-0.2, -0.15) is 0 Å². The molecular weight excluding hydrogens is 262 g/mol. The molecule has 1 heterocycles. The maximum atomic E-state index is 5.78. The Labute approximate surface area is 117 Å². The summed E-state index contributed by atoms with van der Waals surface area (Å²) < 4.78 is 5.34. The Morgan fingerprint density at radius 1 is 1.32 bits per heavy atom. The van der Waals surface area contributed by atoms with E-state index < -0.39 is 0 Å². The number of hydrogen-bond donors (Lipinski definition) is 2. The van der Waals surface area contributed by atoms with Crippen molar-refractivity contribution in [1.82, 2.24) is 10.4 Å². The van der Waals surface area contributed by atoms with Gasteiger partial charge in [0.25, 0.3) is 0 Å². The van der Waals surface area contributed by atoms with E-state index in [-0.39, 0.29) is 6.04 Å². The molecule has 1 atom stereocenters. The van der Waals surface area contributed by atoms with Crippen LogP contribution in [0.3, 0.4) is 0 Å². The predicted octanol–water partition coefficient (Wildman–Crippen LogP) is 2.49. The molecule has 0 bridgehead atoms. The topological polar surface area (TPSA) is 60.2 Å². The number of nitrogens with two attached hydrogens (primary N) is 1. The SMILES string of the molecule is COc1ccccc1CC(NN)c1ccc(Cl)nc1. The highest BCUT2D eigenvalue weighted by Gasteiger charge is 2.13. The van der Waals surface area contributed by atoms with E-state index in [0.717, 1.165) is 16.9 Å². The molecule has 19 heavy (non-hydrogen) atoms. The third-order valence-electron chi connectivity index (χ3n) is 2.97. The molecule has 0 spiro atoms. The summed E-state index contributed by atoms with van der Waals surface area (Å²) in [5.74, 6) is 6.48. The lowest BCUT2D eigenvalue weighted by Gasteiger charge is -2.17. The molecular formula is C14H16ClN3O. The van der Waals surface area contributed by atoms with Gasteiger partial charge < -0.3 is 4.74 Å². The molecule has 0 aliphatic rings. The number of hydrazine groups is 1. The van der Waals surface area contributed by atoms with Gasteiger partial charge in [0, 0.05) is 6.20 Å². The molecule has 3 N–H and O–H groups in total. The summed E-state index contributed by atoms with van der Waals surface area (Å²) in [6, 6.07) is 11.5. The minimum absolute atomic E-state index is 0.0407. The second kappa shape index (κ2) is 6.52. The molecule has 2 aromatic rings. The van der Waals surface area contributed by atoms with Crippen LogP contribution in [0.5, 0.6) is 5.75 Å². The van der Waals surface area contributed by atoms with Gasteiger partial charge in [-0.3, -0.25) is 11.3 Å². The van der Waals surface area contributed by atoms with Crippen LogP contribution < -0.4 is 16.0 Å². The van der Waals surface area contributed by atoms with Gasteiger partial charge in [-0.05, 0) is 29.7 Å². The number of nitrogens with zero attached hydrogens (tertiary/aromatic N) is 1. The smallest absolute Gasteiger partial charge is 0.129 e. The fraction of sp³-hybridized carbons (Fsp3) is 0.214. The Kier molecular flexibility index (Phi) is 4.74. The Morgan fingerprint density at radius 2 is 2.11 bits per heavy atom. The van der Waals surface area contributed by atoms with Crippen molar-refractivity contribution < 1.29 is 4.74 Å². The molecule has 0 aliphatic heterocycles. The summed E-state index contributed by atoms with van der Waals surface area (Å²) in [6.45, 7) is 0. The first-order chi connectivity index (χ1) is 9.24. The van der Waals surface area contributed by atoms with Crippen LogP contribution in [-0.2, 0) is 6.42 Å². The summed E-state index contributed by atoms with van der Waals surface area (Å²) in [6.07, 6.45) is 2.44. The van der Waals surface area contributed by atoms with E-state index in [1.807, 2.05) is 30.3 Å². The largest absolute Gasteiger partial charge is 0.496 e. The summed E-state index contributed by atoms with van der Waals surface area (Å²) in [4.78, 5) is 4.07. The first-order valence-electron chi connectivity index (χ1n) is 5.94. The molecule has 100 valence electrons. The Hall–Kier alpha value is -1.62. The number of methoxy groups -OCH3 is 1. The molecule has 0 radical (unpaired) electrons. The van der Waals surface area contributed by atoms with Gasteiger partial charge in [0.2, 0.25) is 0 Å². The normalized spacial score (nSPS) is 12.2. The van der Waals surface area contributed by atoms with Crippen LogP contribution >= 0.6 is 11.6 Å². The molecule has 4 nitrogen and oxygen atoms in total. The first kappa shape index (κ1) is 13.8. The van der Waals surface area contributed by atoms with Gasteiger partial charge in [0.05, 0.1) is 13.2 Å². The van der Waals surface area contributed by atoms with E-state index in [1.165, 1.54) is 0 Å². The van der Waals surface area contributed by atoms with Crippen molar-refractivity contribution in [2.75, 3.05) is 7.11 Å². The third-order valence-corrected chi connectivity index (χ3v) is 3.19. The van der Waals surface area contributed by atoms with Crippen molar-refractivity contribution in [3.05, 3.63) is 58.9 Å². The van der Waals surface area contributed by atoms with Gasteiger partial charge in [0.1, 0.15) is 10.9 Å². The van der Waals surface area contributed by atoms with Gasteiger partial charge in [-0.15, -0.1) is 0 Å². The standard InChI is InChI=1S/C14H16ClN3O/c1-19-13-5-3-2-4-10(13)8-12(18-16)11-6-7-14(15)17-9-11/h2-7,9,12,18H,8,16H2,1H3. The average molecular weight is 278 g/mol. The van der Waals surface area contributed by atoms with Gasteiger partial charge >= 0.3 is 0 Å². The second-order valence-electron chi connectivity index (χ2n) is 4.15. The average Bonchev–Trinajstić information content (AvgIpc) is 2.46. The zero-order chi connectivity index (χ0) is 13.7. The van der Waals surface area contributed by atoms with Crippen molar-refractivity contribution in [2.45, 2.75) is 12.5 Å². The van der Waals surface area contributed by atoms with E-state index >= 15 is 0 Å². The van der Waals surface area contributed by atoms with E-state index in [1.54, 1.807) is 19.4 Å². The van der Waals surface area contributed by atoms with Crippen LogP contribution in [0.15, 0.2) is 42.6 Å². The van der Waals surface area contributed by atoms with Gasteiger partial charge in [-0.25, -0.2) is 4.98 Å². The molecule has 0 saturated heterocycles. The van der Waals surface area contributed by atoms with E-state index in [0.29, 0.717) is 11.6 Å². The molecule has 1 unspecified atom stereocenters. The zero-order valence-corrected chi connectivity index (χ0v) is 11.4. The Bertz CT molecular complexity index is 530. The van der Waals surface area contributed by atoms with Gasteiger partial charge in [-0.1, -0.05) is 35.9 Å². The van der Waals surface area contributed by atoms with Crippen LogP contribution in [0.25, 0.3) is 0 Å². The van der Waals surface area contributed by atoms with E-state index in [9.17, 15) is 0 Å². The highest BCUT2D eigenvalue weighted by atomic mass is 35.5. The molecule has 0 amide bonds. The van der Waals surface area contributed by atoms with Crippen LogP contribution in [0.4, 0.5) is 0 Å². The monoisotopic (exact) mass is 277 g/mol. The highest BCUT2D eigenvalue weighted by molar-refractivity contribution is 6.29.